The topological polar surface area (TPSA) is 77.9 Å². The number of likely N-dealkylation sites (N-methyl/N-ethyl adjacent to an activating group) is 2. The lowest BCUT2D eigenvalue weighted by Gasteiger charge is -2.39. The number of aromatic hydroxyl groups is 1. The van der Waals surface area contributed by atoms with Gasteiger partial charge in [0, 0.05) is 38.8 Å². The largest absolute Gasteiger partial charge is 0.507 e. The summed E-state index contributed by atoms with van der Waals surface area (Å²) in [7, 11) is 4.09. The first kappa shape index (κ1) is 22.7. The molecule has 10 heteroatoms. The number of phenols is 1. The number of ether oxygens (including phenoxy) is 1. The molecule has 4 heterocycles. The summed E-state index contributed by atoms with van der Waals surface area (Å²) in [6.07, 6.45) is 0.791. The summed E-state index contributed by atoms with van der Waals surface area (Å²) >= 11 is 0. The number of hydrogen-bond acceptors (Lipinski definition) is 8. The minimum absolute atomic E-state index is 0.0595. The van der Waals surface area contributed by atoms with Crippen molar-refractivity contribution in [2.24, 2.45) is 0 Å². The summed E-state index contributed by atoms with van der Waals surface area (Å²) in [5, 5.41) is 10.6. The van der Waals surface area contributed by atoms with E-state index >= 15 is 4.39 Å². The second-order valence-electron chi connectivity index (χ2n) is 9.25. The number of fused-ring (bicyclic) bond motifs is 1. The van der Waals surface area contributed by atoms with Gasteiger partial charge in [-0.25, -0.2) is 13.8 Å². The average molecular weight is 471 g/mol. The Bertz CT molecular complexity index is 1210. The Kier molecular flexibility index (Phi) is 5.95. The summed E-state index contributed by atoms with van der Waals surface area (Å²) in [4.78, 5) is 20.0. The van der Waals surface area contributed by atoms with Gasteiger partial charge in [-0.15, -0.1) is 0 Å². The van der Waals surface area contributed by atoms with E-state index in [4.69, 9.17) is 9.72 Å². The zero-order valence-electron chi connectivity index (χ0n) is 19.5. The fourth-order valence-corrected chi connectivity index (χ4v) is 4.78. The number of piperazine rings is 1. The van der Waals surface area contributed by atoms with Crippen molar-refractivity contribution >= 4 is 16.9 Å². The predicted octanol–water partition coefficient (Wildman–Crippen LogP) is 2.90. The SMILES string of the molecule is CC1CN(C)CCN1c1nc(OC2CCN(C)C2)nc2nc(-c3c(O)cccc3F)c(F)cc12. The molecule has 180 valence electrons. The molecular formula is C24H28F2N6O2. The lowest BCUT2D eigenvalue weighted by atomic mass is 10.1. The molecule has 0 aliphatic carbocycles. The Morgan fingerprint density at radius 1 is 1.00 bits per heavy atom. The lowest BCUT2D eigenvalue weighted by molar-refractivity contribution is 0.192. The van der Waals surface area contributed by atoms with Gasteiger partial charge >= 0.3 is 6.01 Å². The van der Waals surface area contributed by atoms with Crippen molar-refractivity contribution in [3.63, 3.8) is 0 Å². The molecule has 3 aromatic rings. The fraction of sp³-hybridized carbons (Fsp3) is 0.458. The van der Waals surface area contributed by atoms with Gasteiger partial charge in [0.2, 0.25) is 0 Å². The normalized spacial score (nSPS) is 22.0. The van der Waals surface area contributed by atoms with Gasteiger partial charge in [0.15, 0.2) is 11.5 Å². The number of rotatable bonds is 4. The van der Waals surface area contributed by atoms with Crippen molar-refractivity contribution < 1.29 is 18.6 Å². The number of halogens is 2. The molecule has 2 aromatic heterocycles. The molecule has 2 aliphatic rings. The number of nitrogens with zero attached hydrogens (tertiary/aromatic N) is 6. The molecule has 2 saturated heterocycles. The quantitative estimate of drug-likeness (QED) is 0.624. The van der Waals surface area contributed by atoms with Crippen LogP contribution in [0, 0.1) is 11.6 Å². The number of likely N-dealkylation sites (tertiary alicyclic amines) is 1. The summed E-state index contributed by atoms with van der Waals surface area (Å²) in [5.41, 5.74) is -0.405. The van der Waals surface area contributed by atoms with Gasteiger partial charge in [-0.3, -0.25) is 0 Å². The van der Waals surface area contributed by atoms with Crippen LogP contribution in [0.15, 0.2) is 24.3 Å². The number of hydrogen-bond donors (Lipinski definition) is 1. The average Bonchev–Trinajstić information content (AvgIpc) is 3.18. The first-order valence-electron chi connectivity index (χ1n) is 11.5. The van der Waals surface area contributed by atoms with Gasteiger partial charge in [0.25, 0.3) is 0 Å². The maximum Gasteiger partial charge on any atom is 0.320 e. The van der Waals surface area contributed by atoms with E-state index in [1.54, 1.807) is 0 Å². The highest BCUT2D eigenvalue weighted by molar-refractivity contribution is 5.90. The number of aromatic nitrogens is 3. The minimum atomic E-state index is -0.766. The molecule has 2 aliphatic heterocycles. The molecule has 0 spiro atoms. The Morgan fingerprint density at radius 2 is 1.79 bits per heavy atom. The molecule has 2 fully saturated rings. The van der Waals surface area contributed by atoms with E-state index in [0.717, 1.165) is 38.7 Å². The maximum atomic E-state index is 15.3. The first-order valence-corrected chi connectivity index (χ1v) is 11.5. The molecule has 8 nitrogen and oxygen atoms in total. The van der Waals surface area contributed by atoms with E-state index in [1.807, 2.05) is 7.05 Å². The smallest absolute Gasteiger partial charge is 0.320 e. The van der Waals surface area contributed by atoms with Gasteiger partial charge in [0.05, 0.1) is 10.9 Å². The van der Waals surface area contributed by atoms with E-state index < -0.39 is 17.4 Å². The molecule has 2 atom stereocenters. The van der Waals surface area contributed by atoms with Crippen LogP contribution in [0.4, 0.5) is 14.6 Å². The van der Waals surface area contributed by atoms with E-state index in [0.29, 0.717) is 17.7 Å². The van der Waals surface area contributed by atoms with Crippen LogP contribution in [0.5, 0.6) is 11.8 Å². The Balaban J connectivity index is 1.65. The van der Waals surface area contributed by atoms with E-state index in [9.17, 15) is 9.50 Å². The third-order valence-corrected chi connectivity index (χ3v) is 6.55. The van der Waals surface area contributed by atoms with E-state index in [1.165, 1.54) is 18.2 Å². The van der Waals surface area contributed by atoms with E-state index in [-0.39, 0.29) is 35.1 Å². The third kappa shape index (κ3) is 4.23. The molecular weight excluding hydrogens is 442 g/mol. The number of benzene rings is 1. The zero-order valence-corrected chi connectivity index (χ0v) is 19.5. The molecule has 34 heavy (non-hydrogen) atoms. The Morgan fingerprint density at radius 3 is 2.50 bits per heavy atom. The Hall–Kier alpha value is -3.11. The van der Waals surface area contributed by atoms with Crippen LogP contribution in [0.3, 0.4) is 0 Å². The summed E-state index contributed by atoms with van der Waals surface area (Å²) in [6, 6.07) is 5.37. The maximum absolute atomic E-state index is 15.3. The van der Waals surface area contributed by atoms with Crippen LogP contribution in [-0.2, 0) is 0 Å². The molecule has 0 saturated carbocycles. The van der Waals surface area contributed by atoms with Crippen LogP contribution in [0.25, 0.3) is 22.3 Å². The second-order valence-corrected chi connectivity index (χ2v) is 9.25. The monoisotopic (exact) mass is 470 g/mol. The van der Waals surface area contributed by atoms with Gasteiger partial charge in [-0.1, -0.05) is 6.07 Å². The number of anilines is 1. The van der Waals surface area contributed by atoms with Crippen molar-refractivity contribution in [3.8, 4) is 23.0 Å². The van der Waals surface area contributed by atoms with Crippen molar-refractivity contribution in [1.29, 1.82) is 0 Å². The molecule has 0 bridgehead atoms. The minimum Gasteiger partial charge on any atom is -0.507 e. The van der Waals surface area contributed by atoms with Crippen LogP contribution in [-0.4, -0.2) is 88.8 Å². The molecule has 5 rings (SSSR count). The molecule has 1 N–H and O–H groups in total. The molecule has 0 radical (unpaired) electrons. The fourth-order valence-electron chi connectivity index (χ4n) is 4.78. The van der Waals surface area contributed by atoms with Crippen LogP contribution < -0.4 is 9.64 Å². The highest BCUT2D eigenvalue weighted by Gasteiger charge is 2.29. The van der Waals surface area contributed by atoms with Crippen LogP contribution >= 0.6 is 0 Å². The van der Waals surface area contributed by atoms with Gasteiger partial charge < -0.3 is 24.5 Å². The van der Waals surface area contributed by atoms with Crippen LogP contribution in [0.2, 0.25) is 0 Å². The van der Waals surface area contributed by atoms with Gasteiger partial charge in [-0.05, 0) is 45.6 Å². The Labute approximate surface area is 196 Å². The third-order valence-electron chi connectivity index (χ3n) is 6.55. The number of phenolic OH excluding ortho intramolecular Hbond substituents is 1. The lowest BCUT2D eigenvalue weighted by Crippen LogP contribution is -2.51. The van der Waals surface area contributed by atoms with Crippen LogP contribution in [0.1, 0.15) is 13.3 Å². The van der Waals surface area contributed by atoms with E-state index in [2.05, 4.69) is 38.6 Å². The summed E-state index contributed by atoms with van der Waals surface area (Å²) < 4.78 is 35.9. The molecule has 1 aromatic carbocycles. The standard InChI is InChI=1S/C24H28F2N6O2/c1-14-12-31(3)9-10-32(14)23-16-11-18(26)21(20-17(25)5-4-6-19(20)33)27-22(16)28-24(29-23)34-15-7-8-30(2)13-15/h4-6,11,14-15,33H,7-10,12-13H2,1-3H3. The number of pyridine rings is 1. The van der Waals surface area contributed by atoms with Gasteiger partial charge in [0.1, 0.15) is 29.2 Å². The van der Waals surface area contributed by atoms with Crippen molar-refractivity contribution in [2.75, 3.05) is 51.7 Å². The first-order chi connectivity index (χ1) is 16.3. The molecule has 0 amide bonds. The highest BCUT2D eigenvalue weighted by atomic mass is 19.1. The van der Waals surface area contributed by atoms with Gasteiger partial charge in [-0.2, -0.15) is 9.97 Å². The summed E-state index contributed by atoms with van der Waals surface area (Å²) in [5.74, 6) is -1.37. The molecule has 2 unspecified atom stereocenters. The van der Waals surface area contributed by atoms with Crippen molar-refractivity contribution in [2.45, 2.75) is 25.5 Å². The predicted molar refractivity (Wildman–Crippen MR) is 125 cm³/mol. The second kappa shape index (κ2) is 8.92. The highest BCUT2D eigenvalue weighted by Crippen LogP contribution is 2.36. The summed E-state index contributed by atoms with van der Waals surface area (Å²) in [6.45, 7) is 6.12. The van der Waals surface area contributed by atoms with Crippen molar-refractivity contribution in [3.05, 3.63) is 35.9 Å². The van der Waals surface area contributed by atoms with Crippen molar-refractivity contribution in [1.82, 2.24) is 24.8 Å². The zero-order chi connectivity index (χ0) is 24.0.